The Morgan fingerprint density at radius 1 is 1.47 bits per heavy atom. The van der Waals surface area contributed by atoms with E-state index in [1.165, 1.54) is 0 Å². The van der Waals surface area contributed by atoms with E-state index < -0.39 is 0 Å². The van der Waals surface area contributed by atoms with Crippen molar-refractivity contribution in [2.24, 2.45) is 5.73 Å². The van der Waals surface area contributed by atoms with Gasteiger partial charge in [0, 0.05) is 30.1 Å². The van der Waals surface area contributed by atoms with E-state index in [1.54, 1.807) is 6.20 Å². The Labute approximate surface area is 100 Å². The van der Waals surface area contributed by atoms with Gasteiger partial charge in [-0.2, -0.15) is 0 Å². The number of hydrogen-bond acceptors (Lipinski definition) is 5. The lowest BCUT2D eigenvalue weighted by molar-refractivity contribution is 0.148. The van der Waals surface area contributed by atoms with Crippen LogP contribution in [0.4, 0.5) is 5.82 Å². The third kappa shape index (κ3) is 1.77. The smallest absolute Gasteiger partial charge is 0.123 e. The molecule has 5 nitrogen and oxygen atoms in total. The van der Waals surface area contributed by atoms with Crippen LogP contribution in [0.1, 0.15) is 23.7 Å². The first-order valence-corrected chi connectivity index (χ1v) is 5.80. The number of pyridine rings is 1. The first-order chi connectivity index (χ1) is 8.25. The molecule has 2 aliphatic rings. The highest BCUT2D eigenvalue weighted by Gasteiger charge is 2.29. The normalized spacial score (nSPS) is 27.2. The van der Waals surface area contributed by atoms with Crippen molar-refractivity contribution in [1.29, 1.82) is 0 Å². The third-order valence-electron chi connectivity index (χ3n) is 3.38. The van der Waals surface area contributed by atoms with E-state index in [0.29, 0.717) is 11.9 Å². The molecule has 4 N–H and O–H groups in total. The SMILES string of the molecule is Nc1cc2c(cn1)C=CN([C@@H]1CCOC1)C2N. The van der Waals surface area contributed by atoms with Crippen LogP contribution in [0.2, 0.25) is 0 Å². The van der Waals surface area contributed by atoms with Gasteiger partial charge >= 0.3 is 0 Å². The van der Waals surface area contributed by atoms with Gasteiger partial charge in [0.2, 0.25) is 0 Å². The van der Waals surface area contributed by atoms with Crippen molar-refractivity contribution in [3.63, 3.8) is 0 Å². The molecule has 0 aromatic carbocycles. The molecule has 2 aliphatic heterocycles. The highest BCUT2D eigenvalue weighted by Crippen LogP contribution is 2.30. The lowest BCUT2D eigenvalue weighted by atomic mass is 10.0. The molecule has 0 spiro atoms. The molecule has 0 bridgehead atoms. The van der Waals surface area contributed by atoms with Gasteiger partial charge in [-0.3, -0.25) is 0 Å². The van der Waals surface area contributed by atoms with Crippen LogP contribution < -0.4 is 11.5 Å². The molecular formula is C12H16N4O. The van der Waals surface area contributed by atoms with Gasteiger partial charge in [-0.15, -0.1) is 0 Å². The molecule has 1 aromatic heterocycles. The zero-order chi connectivity index (χ0) is 11.8. The number of nitrogen functional groups attached to an aromatic ring is 1. The number of aromatic nitrogens is 1. The minimum absolute atomic E-state index is 0.160. The maximum atomic E-state index is 6.28. The minimum atomic E-state index is -0.160. The first kappa shape index (κ1) is 10.6. The van der Waals surface area contributed by atoms with Gasteiger partial charge < -0.3 is 21.1 Å². The largest absolute Gasteiger partial charge is 0.384 e. The molecule has 1 unspecified atom stereocenters. The summed E-state index contributed by atoms with van der Waals surface area (Å²) in [6.45, 7) is 1.56. The summed E-state index contributed by atoms with van der Waals surface area (Å²) in [5, 5.41) is 0. The molecule has 90 valence electrons. The van der Waals surface area contributed by atoms with Crippen molar-refractivity contribution in [3.8, 4) is 0 Å². The second kappa shape index (κ2) is 4.01. The van der Waals surface area contributed by atoms with Crippen molar-refractivity contribution in [2.45, 2.75) is 18.6 Å². The second-order valence-corrected chi connectivity index (χ2v) is 4.46. The van der Waals surface area contributed by atoms with Gasteiger partial charge in [-0.25, -0.2) is 4.98 Å². The minimum Gasteiger partial charge on any atom is -0.384 e. The molecule has 0 radical (unpaired) electrons. The fourth-order valence-corrected chi connectivity index (χ4v) is 2.42. The molecule has 0 aliphatic carbocycles. The molecule has 0 saturated carbocycles. The highest BCUT2D eigenvalue weighted by atomic mass is 16.5. The Bertz CT molecular complexity index is 454. The van der Waals surface area contributed by atoms with Crippen LogP contribution in [0.3, 0.4) is 0 Å². The summed E-state index contributed by atoms with van der Waals surface area (Å²) in [6.07, 6.45) is 6.69. The van der Waals surface area contributed by atoms with Gasteiger partial charge in [0.15, 0.2) is 0 Å². The number of ether oxygens (including phenoxy) is 1. The number of anilines is 1. The summed E-state index contributed by atoms with van der Waals surface area (Å²) < 4.78 is 5.40. The fourth-order valence-electron chi connectivity index (χ4n) is 2.42. The summed E-state index contributed by atoms with van der Waals surface area (Å²) in [7, 11) is 0. The third-order valence-corrected chi connectivity index (χ3v) is 3.38. The molecule has 0 amide bonds. The van der Waals surface area contributed by atoms with E-state index in [4.69, 9.17) is 16.2 Å². The van der Waals surface area contributed by atoms with Crippen molar-refractivity contribution in [1.82, 2.24) is 9.88 Å². The Balaban J connectivity index is 1.93. The molecule has 1 fully saturated rings. The second-order valence-electron chi connectivity index (χ2n) is 4.46. The number of rotatable bonds is 1. The van der Waals surface area contributed by atoms with E-state index in [1.807, 2.05) is 18.3 Å². The topological polar surface area (TPSA) is 77.4 Å². The Morgan fingerprint density at radius 2 is 2.35 bits per heavy atom. The van der Waals surface area contributed by atoms with E-state index in [-0.39, 0.29) is 6.17 Å². The van der Waals surface area contributed by atoms with Crippen molar-refractivity contribution < 1.29 is 4.74 Å². The molecule has 3 heterocycles. The van der Waals surface area contributed by atoms with Crippen LogP contribution in [0.15, 0.2) is 18.5 Å². The summed E-state index contributed by atoms with van der Waals surface area (Å²) in [6, 6.07) is 2.22. The molecule has 2 atom stereocenters. The number of fused-ring (bicyclic) bond motifs is 1. The summed E-state index contributed by atoms with van der Waals surface area (Å²) in [4.78, 5) is 6.22. The maximum Gasteiger partial charge on any atom is 0.123 e. The molecule has 17 heavy (non-hydrogen) atoms. The average molecular weight is 232 g/mol. The zero-order valence-corrected chi connectivity index (χ0v) is 9.54. The van der Waals surface area contributed by atoms with Crippen LogP contribution in [-0.2, 0) is 4.74 Å². The molecular weight excluding hydrogens is 216 g/mol. The average Bonchev–Trinajstić information content (AvgIpc) is 2.84. The van der Waals surface area contributed by atoms with Crippen LogP contribution in [0.5, 0.6) is 0 Å². The molecule has 3 rings (SSSR count). The van der Waals surface area contributed by atoms with Crippen molar-refractivity contribution >= 4 is 11.9 Å². The summed E-state index contributed by atoms with van der Waals surface area (Å²) in [5.74, 6) is 0.511. The highest BCUT2D eigenvalue weighted by molar-refractivity contribution is 5.58. The number of nitrogens with zero attached hydrogens (tertiary/aromatic N) is 2. The van der Waals surface area contributed by atoms with Gasteiger partial charge in [0.25, 0.3) is 0 Å². The maximum absolute atomic E-state index is 6.28. The van der Waals surface area contributed by atoms with Gasteiger partial charge in [-0.1, -0.05) is 0 Å². The monoisotopic (exact) mass is 232 g/mol. The lowest BCUT2D eigenvalue weighted by Crippen LogP contribution is -2.40. The zero-order valence-electron chi connectivity index (χ0n) is 9.54. The Kier molecular flexibility index (Phi) is 2.49. The Morgan fingerprint density at radius 3 is 3.12 bits per heavy atom. The standard InChI is InChI=1S/C12H16N4O/c13-11-5-10-8(6-15-11)1-3-16(12(10)14)9-2-4-17-7-9/h1,3,5-6,9,12H,2,4,7,14H2,(H2,13,15)/t9-,12?/m1/s1. The van der Waals surface area contributed by atoms with Gasteiger partial charge in [-0.05, 0) is 18.6 Å². The van der Waals surface area contributed by atoms with E-state index in [9.17, 15) is 0 Å². The van der Waals surface area contributed by atoms with Gasteiger partial charge in [0.05, 0.1) is 12.6 Å². The predicted molar refractivity (Wildman–Crippen MR) is 65.7 cm³/mol. The summed E-state index contributed by atoms with van der Waals surface area (Å²) in [5.41, 5.74) is 14.1. The summed E-state index contributed by atoms with van der Waals surface area (Å²) >= 11 is 0. The molecule has 1 saturated heterocycles. The van der Waals surface area contributed by atoms with Gasteiger partial charge in [0.1, 0.15) is 12.0 Å². The molecule has 1 aromatic rings. The van der Waals surface area contributed by atoms with E-state index >= 15 is 0 Å². The van der Waals surface area contributed by atoms with E-state index in [2.05, 4.69) is 9.88 Å². The van der Waals surface area contributed by atoms with Crippen molar-refractivity contribution in [3.05, 3.63) is 29.6 Å². The number of hydrogen-bond donors (Lipinski definition) is 2. The van der Waals surface area contributed by atoms with Crippen molar-refractivity contribution in [2.75, 3.05) is 18.9 Å². The molecule has 5 heteroatoms. The van der Waals surface area contributed by atoms with Crippen LogP contribution in [0.25, 0.3) is 6.08 Å². The lowest BCUT2D eigenvalue weighted by Gasteiger charge is -2.36. The van der Waals surface area contributed by atoms with Crippen LogP contribution >= 0.6 is 0 Å². The first-order valence-electron chi connectivity index (χ1n) is 5.80. The van der Waals surface area contributed by atoms with Crippen LogP contribution in [-0.4, -0.2) is 29.1 Å². The van der Waals surface area contributed by atoms with E-state index in [0.717, 1.165) is 30.8 Å². The van der Waals surface area contributed by atoms with Crippen LogP contribution in [0, 0.1) is 0 Å². The number of nitrogens with two attached hydrogens (primary N) is 2. The fraction of sp³-hybridized carbons (Fsp3) is 0.417. The predicted octanol–water partition coefficient (Wildman–Crippen LogP) is 0.696. The Hall–Kier alpha value is -1.59. The quantitative estimate of drug-likeness (QED) is 0.745.